The Hall–Kier alpha value is -1.98. The van der Waals surface area contributed by atoms with E-state index in [2.05, 4.69) is 41.3 Å². The minimum absolute atomic E-state index is 0.549. The summed E-state index contributed by atoms with van der Waals surface area (Å²) in [5, 5.41) is 4.56. The summed E-state index contributed by atoms with van der Waals surface area (Å²) in [6.45, 7) is 5.51. The number of aromatic nitrogens is 2. The third-order valence-electron chi connectivity index (χ3n) is 3.75. The Bertz CT molecular complexity index is 779. The summed E-state index contributed by atoms with van der Waals surface area (Å²) in [7, 11) is 0. The van der Waals surface area contributed by atoms with E-state index < -0.39 is 0 Å². The molecule has 108 valence electrons. The van der Waals surface area contributed by atoms with Crippen molar-refractivity contribution >= 4 is 27.4 Å². The molecule has 2 aromatic heterocycles. The number of aryl methyl sites for hydroxylation is 2. The number of nitrogens with zero attached hydrogens (tertiary/aromatic N) is 2. The van der Waals surface area contributed by atoms with Crippen LogP contribution in [0.25, 0.3) is 10.2 Å². The summed E-state index contributed by atoms with van der Waals surface area (Å²) in [6.07, 6.45) is 1.62. The number of nitrogens with one attached hydrogen (secondary N) is 1. The maximum Gasteiger partial charge on any atom is 0.138 e. The normalized spacial score (nSPS) is 11.0. The number of rotatable bonds is 4. The second-order valence-electron chi connectivity index (χ2n) is 5.01. The fourth-order valence-corrected chi connectivity index (χ4v) is 3.42. The molecule has 0 spiro atoms. The van der Waals surface area contributed by atoms with E-state index in [0.717, 1.165) is 21.6 Å². The van der Waals surface area contributed by atoms with Crippen LogP contribution < -0.4 is 11.1 Å². The van der Waals surface area contributed by atoms with Gasteiger partial charge in [0.2, 0.25) is 0 Å². The number of anilines is 1. The zero-order valence-electron chi connectivity index (χ0n) is 12.2. The summed E-state index contributed by atoms with van der Waals surface area (Å²) < 4.78 is 0. The number of benzene rings is 1. The quantitative estimate of drug-likeness (QED) is 0.775. The van der Waals surface area contributed by atoms with Gasteiger partial charge in [0, 0.05) is 18.0 Å². The Labute approximate surface area is 128 Å². The lowest BCUT2D eigenvalue weighted by Gasteiger charge is -2.10. The van der Waals surface area contributed by atoms with Gasteiger partial charge in [0.15, 0.2) is 0 Å². The lowest BCUT2D eigenvalue weighted by Crippen LogP contribution is -2.07. The number of nitrogens with two attached hydrogens (primary N) is 1. The van der Waals surface area contributed by atoms with Crippen molar-refractivity contribution in [3.8, 4) is 0 Å². The fraction of sp³-hybridized carbons (Fsp3) is 0.250. The summed E-state index contributed by atoms with van der Waals surface area (Å²) in [4.78, 5) is 11.1. The van der Waals surface area contributed by atoms with Gasteiger partial charge < -0.3 is 11.1 Å². The highest BCUT2D eigenvalue weighted by molar-refractivity contribution is 7.18. The highest BCUT2D eigenvalue weighted by atomic mass is 32.1. The number of thiophene rings is 1. The lowest BCUT2D eigenvalue weighted by molar-refractivity contribution is 1.00. The zero-order chi connectivity index (χ0) is 14.8. The fourth-order valence-electron chi connectivity index (χ4n) is 2.42. The van der Waals surface area contributed by atoms with Crippen molar-refractivity contribution in [1.82, 2.24) is 9.97 Å². The Balaban J connectivity index is 1.92. The molecule has 5 heteroatoms. The molecule has 3 N–H and O–H groups in total. The monoisotopic (exact) mass is 298 g/mol. The summed E-state index contributed by atoms with van der Waals surface area (Å²) in [6, 6.07) is 8.21. The van der Waals surface area contributed by atoms with Gasteiger partial charge in [-0.3, -0.25) is 0 Å². The van der Waals surface area contributed by atoms with Gasteiger partial charge in [0.1, 0.15) is 17.0 Å². The molecule has 0 aliphatic rings. The van der Waals surface area contributed by atoms with Gasteiger partial charge in [-0.15, -0.1) is 11.3 Å². The number of fused-ring (bicyclic) bond motifs is 1. The van der Waals surface area contributed by atoms with Crippen LogP contribution in [-0.4, -0.2) is 9.97 Å². The minimum Gasteiger partial charge on any atom is -0.365 e. The van der Waals surface area contributed by atoms with E-state index in [9.17, 15) is 0 Å². The van der Waals surface area contributed by atoms with Crippen molar-refractivity contribution < 1.29 is 0 Å². The van der Waals surface area contributed by atoms with Crippen molar-refractivity contribution in [2.75, 3.05) is 5.32 Å². The Kier molecular flexibility index (Phi) is 3.86. The second kappa shape index (κ2) is 5.79. The van der Waals surface area contributed by atoms with Crippen LogP contribution in [-0.2, 0) is 13.1 Å². The van der Waals surface area contributed by atoms with E-state index in [4.69, 9.17) is 5.73 Å². The molecule has 0 atom stereocenters. The van der Waals surface area contributed by atoms with Gasteiger partial charge in [0.05, 0.1) is 5.39 Å². The van der Waals surface area contributed by atoms with Crippen LogP contribution in [0.2, 0.25) is 0 Å². The van der Waals surface area contributed by atoms with Gasteiger partial charge in [-0.2, -0.15) is 0 Å². The van der Waals surface area contributed by atoms with E-state index in [-0.39, 0.29) is 0 Å². The molecule has 21 heavy (non-hydrogen) atoms. The molecule has 0 aliphatic carbocycles. The predicted molar refractivity (Wildman–Crippen MR) is 88.5 cm³/mol. The molecule has 0 unspecified atom stereocenters. The smallest absolute Gasteiger partial charge is 0.138 e. The van der Waals surface area contributed by atoms with Crippen molar-refractivity contribution in [2.24, 2.45) is 5.73 Å². The Morgan fingerprint density at radius 3 is 2.67 bits per heavy atom. The zero-order valence-corrected chi connectivity index (χ0v) is 13.0. The van der Waals surface area contributed by atoms with E-state index in [1.54, 1.807) is 17.7 Å². The first-order chi connectivity index (χ1) is 10.2. The van der Waals surface area contributed by atoms with Crippen molar-refractivity contribution in [1.29, 1.82) is 0 Å². The molecule has 0 aliphatic heterocycles. The van der Waals surface area contributed by atoms with Crippen LogP contribution >= 0.6 is 11.3 Å². The Morgan fingerprint density at radius 2 is 1.90 bits per heavy atom. The van der Waals surface area contributed by atoms with Crippen LogP contribution in [0.5, 0.6) is 0 Å². The van der Waals surface area contributed by atoms with E-state index in [1.165, 1.54) is 16.0 Å². The van der Waals surface area contributed by atoms with Crippen molar-refractivity contribution in [3.05, 3.63) is 52.2 Å². The average molecular weight is 298 g/mol. The molecular weight excluding hydrogens is 280 g/mol. The maximum absolute atomic E-state index is 5.79. The van der Waals surface area contributed by atoms with Gasteiger partial charge in [-0.1, -0.05) is 24.3 Å². The predicted octanol–water partition coefficient (Wildman–Crippen LogP) is 3.38. The van der Waals surface area contributed by atoms with E-state index in [1.807, 2.05) is 12.1 Å². The molecule has 0 amide bonds. The Morgan fingerprint density at radius 1 is 1.14 bits per heavy atom. The largest absolute Gasteiger partial charge is 0.365 e. The van der Waals surface area contributed by atoms with Crippen LogP contribution in [0.1, 0.15) is 21.6 Å². The highest BCUT2D eigenvalue weighted by Gasteiger charge is 2.11. The minimum atomic E-state index is 0.549. The van der Waals surface area contributed by atoms with E-state index in [0.29, 0.717) is 13.1 Å². The second-order valence-corrected chi connectivity index (χ2v) is 6.22. The lowest BCUT2D eigenvalue weighted by atomic mass is 10.1. The first kappa shape index (κ1) is 14.0. The van der Waals surface area contributed by atoms with Gasteiger partial charge in [-0.05, 0) is 30.5 Å². The average Bonchev–Trinajstić information content (AvgIpc) is 2.81. The highest BCUT2D eigenvalue weighted by Crippen LogP contribution is 2.32. The molecule has 3 rings (SSSR count). The molecule has 0 fully saturated rings. The summed E-state index contributed by atoms with van der Waals surface area (Å²) in [5.41, 5.74) is 9.41. The molecule has 0 bridgehead atoms. The van der Waals surface area contributed by atoms with Crippen molar-refractivity contribution in [3.63, 3.8) is 0 Å². The van der Waals surface area contributed by atoms with Gasteiger partial charge in [0.25, 0.3) is 0 Å². The number of hydrogen-bond acceptors (Lipinski definition) is 5. The molecule has 0 saturated carbocycles. The maximum atomic E-state index is 5.79. The molecule has 3 aromatic rings. The molecular formula is C16H18N4S. The van der Waals surface area contributed by atoms with Crippen LogP contribution in [0.3, 0.4) is 0 Å². The molecule has 0 saturated heterocycles. The van der Waals surface area contributed by atoms with Crippen LogP contribution in [0.15, 0.2) is 30.6 Å². The van der Waals surface area contributed by atoms with E-state index >= 15 is 0 Å². The molecule has 2 heterocycles. The van der Waals surface area contributed by atoms with Crippen LogP contribution in [0, 0.1) is 13.8 Å². The number of hydrogen-bond donors (Lipinski definition) is 2. The third kappa shape index (κ3) is 2.62. The summed E-state index contributed by atoms with van der Waals surface area (Å²) in [5.74, 6) is 0.897. The van der Waals surface area contributed by atoms with Crippen molar-refractivity contribution in [2.45, 2.75) is 26.9 Å². The first-order valence-corrected chi connectivity index (χ1v) is 7.73. The standard InChI is InChI=1S/C16H18N4S/c1-10-11(2)21-16-14(10)15(19-9-20-16)18-8-13-6-4-3-5-12(13)7-17/h3-6,9H,7-8,17H2,1-2H3,(H,18,19,20). The first-order valence-electron chi connectivity index (χ1n) is 6.92. The molecule has 0 radical (unpaired) electrons. The molecule has 1 aromatic carbocycles. The molecule has 4 nitrogen and oxygen atoms in total. The van der Waals surface area contributed by atoms with Gasteiger partial charge in [-0.25, -0.2) is 9.97 Å². The SMILES string of the molecule is Cc1sc2ncnc(NCc3ccccc3CN)c2c1C. The van der Waals surface area contributed by atoms with Crippen LogP contribution in [0.4, 0.5) is 5.82 Å². The third-order valence-corrected chi connectivity index (χ3v) is 4.87. The summed E-state index contributed by atoms with van der Waals surface area (Å²) >= 11 is 1.71. The topological polar surface area (TPSA) is 63.8 Å². The van der Waals surface area contributed by atoms with Gasteiger partial charge >= 0.3 is 0 Å².